The van der Waals surface area contributed by atoms with Crippen molar-refractivity contribution < 1.29 is 18.0 Å². The van der Waals surface area contributed by atoms with Gasteiger partial charge in [-0.25, -0.2) is 9.97 Å². The van der Waals surface area contributed by atoms with Gasteiger partial charge in [0.25, 0.3) is 5.91 Å². The summed E-state index contributed by atoms with van der Waals surface area (Å²) in [4.78, 5) is 24.2. The molecule has 126 valence electrons. The van der Waals surface area contributed by atoms with Crippen molar-refractivity contribution >= 4 is 11.9 Å². The molecule has 2 aromatic heterocycles. The average molecular weight is 344 g/mol. The molecule has 0 aliphatic heterocycles. The molecule has 8 heteroatoms. The zero-order chi connectivity index (χ0) is 17.9. The summed E-state index contributed by atoms with van der Waals surface area (Å²) in [6.07, 6.45) is 0.131. The normalized spacial score (nSPS) is 11.2. The molecule has 25 heavy (non-hydrogen) atoms. The Morgan fingerprint density at radius 2 is 1.88 bits per heavy atom. The number of pyridine rings is 1. The highest BCUT2D eigenvalue weighted by atomic mass is 19.4. The van der Waals surface area contributed by atoms with Crippen molar-refractivity contribution in [1.82, 2.24) is 15.0 Å². The molecule has 1 amide bonds. The lowest BCUT2D eigenvalue weighted by Gasteiger charge is -2.09. The van der Waals surface area contributed by atoms with Gasteiger partial charge < -0.3 is 0 Å². The molecule has 0 aliphatic carbocycles. The maximum Gasteiger partial charge on any atom is 0.416 e. The van der Waals surface area contributed by atoms with Crippen molar-refractivity contribution in [2.45, 2.75) is 6.18 Å². The number of alkyl halides is 3. The number of benzene rings is 1. The van der Waals surface area contributed by atoms with E-state index in [1.807, 2.05) is 0 Å². The molecule has 2 heterocycles. The van der Waals surface area contributed by atoms with E-state index < -0.39 is 17.6 Å². The average Bonchev–Trinajstić information content (AvgIpc) is 2.62. The largest absolute Gasteiger partial charge is 0.416 e. The van der Waals surface area contributed by atoms with Gasteiger partial charge in [-0.3, -0.25) is 15.1 Å². The van der Waals surface area contributed by atoms with E-state index in [2.05, 4.69) is 20.3 Å². The van der Waals surface area contributed by atoms with Crippen LogP contribution in [0.25, 0.3) is 11.3 Å². The number of hydrogen-bond acceptors (Lipinski definition) is 4. The molecule has 0 unspecified atom stereocenters. The van der Waals surface area contributed by atoms with Gasteiger partial charge in [0.1, 0.15) is 0 Å². The smallest absolute Gasteiger partial charge is 0.290 e. The number of hydrogen-bond donors (Lipinski definition) is 1. The van der Waals surface area contributed by atoms with Gasteiger partial charge in [0, 0.05) is 29.7 Å². The summed E-state index contributed by atoms with van der Waals surface area (Å²) < 4.78 is 38.2. The highest BCUT2D eigenvalue weighted by Crippen LogP contribution is 2.29. The Hall–Kier alpha value is -3.29. The van der Waals surface area contributed by atoms with Crippen LogP contribution in [0.2, 0.25) is 0 Å². The van der Waals surface area contributed by atoms with Crippen molar-refractivity contribution in [1.29, 1.82) is 0 Å². The highest BCUT2D eigenvalue weighted by molar-refractivity contribution is 6.03. The molecule has 1 aromatic carbocycles. The quantitative estimate of drug-likeness (QED) is 0.784. The lowest BCUT2D eigenvalue weighted by Crippen LogP contribution is -2.15. The molecule has 0 saturated heterocycles. The third-order valence-electron chi connectivity index (χ3n) is 3.29. The van der Waals surface area contributed by atoms with E-state index in [1.54, 1.807) is 30.6 Å². The Morgan fingerprint density at radius 3 is 2.60 bits per heavy atom. The molecule has 3 rings (SSSR count). The summed E-state index contributed by atoms with van der Waals surface area (Å²) in [7, 11) is 0. The summed E-state index contributed by atoms with van der Waals surface area (Å²) in [6.45, 7) is 0. The molecule has 0 bridgehead atoms. The van der Waals surface area contributed by atoms with Crippen molar-refractivity contribution in [2.24, 2.45) is 0 Å². The molecule has 0 saturated carbocycles. The number of amides is 1. The molecular formula is C17H11F3N4O. The third-order valence-corrected chi connectivity index (χ3v) is 3.29. The van der Waals surface area contributed by atoms with Crippen molar-refractivity contribution in [3.8, 4) is 11.3 Å². The molecule has 5 nitrogen and oxygen atoms in total. The molecule has 0 fully saturated rings. The van der Waals surface area contributed by atoms with Crippen LogP contribution in [-0.2, 0) is 6.18 Å². The number of carbonyl (C=O) groups is 1. The molecular weight excluding hydrogens is 333 g/mol. The standard InChI is InChI=1S/C17H11F3N4O/c18-17(19,20)13-5-1-3-11(9-13)15(25)24-16-22-8-6-14(23-16)12-4-2-7-21-10-12/h1-10H,(H,22,23,24,25). The zero-order valence-electron chi connectivity index (χ0n) is 12.7. The SMILES string of the molecule is O=C(Nc1nccc(-c2cccnc2)n1)c1cccc(C(F)(F)F)c1. The number of rotatable bonds is 3. The Balaban J connectivity index is 1.82. The summed E-state index contributed by atoms with van der Waals surface area (Å²) in [5.41, 5.74) is 0.220. The number of aromatic nitrogens is 3. The molecule has 3 aromatic rings. The van der Waals surface area contributed by atoms with Gasteiger partial charge in [0.05, 0.1) is 11.3 Å². The number of anilines is 1. The number of nitrogens with zero attached hydrogens (tertiary/aromatic N) is 3. The number of carbonyl (C=O) groups excluding carboxylic acids is 1. The van der Waals surface area contributed by atoms with E-state index >= 15 is 0 Å². The second-order valence-electron chi connectivity index (χ2n) is 5.04. The molecule has 0 aliphatic rings. The van der Waals surface area contributed by atoms with E-state index in [4.69, 9.17) is 0 Å². The zero-order valence-corrected chi connectivity index (χ0v) is 12.7. The van der Waals surface area contributed by atoms with Gasteiger partial charge in [-0.05, 0) is 36.4 Å². The van der Waals surface area contributed by atoms with Crippen LogP contribution in [-0.4, -0.2) is 20.9 Å². The van der Waals surface area contributed by atoms with Gasteiger partial charge in [0.15, 0.2) is 0 Å². The predicted molar refractivity (Wildman–Crippen MR) is 84.7 cm³/mol. The fourth-order valence-electron chi connectivity index (χ4n) is 2.10. The van der Waals surface area contributed by atoms with Gasteiger partial charge in [-0.2, -0.15) is 13.2 Å². The minimum absolute atomic E-state index is 0.0104. The van der Waals surface area contributed by atoms with Gasteiger partial charge >= 0.3 is 6.18 Å². The monoisotopic (exact) mass is 344 g/mol. The van der Waals surface area contributed by atoms with Crippen LogP contribution < -0.4 is 5.32 Å². The second kappa shape index (κ2) is 6.68. The fraction of sp³-hybridized carbons (Fsp3) is 0.0588. The maximum absolute atomic E-state index is 12.7. The molecule has 0 spiro atoms. The molecule has 0 radical (unpaired) electrons. The van der Waals surface area contributed by atoms with E-state index in [0.717, 1.165) is 17.7 Å². The van der Waals surface area contributed by atoms with Crippen LogP contribution in [0, 0.1) is 0 Å². The first-order valence-corrected chi connectivity index (χ1v) is 7.15. The van der Waals surface area contributed by atoms with Gasteiger partial charge in [-0.1, -0.05) is 6.07 Å². The fourth-order valence-corrected chi connectivity index (χ4v) is 2.10. The Morgan fingerprint density at radius 1 is 1.04 bits per heavy atom. The molecule has 0 atom stereocenters. The maximum atomic E-state index is 12.7. The summed E-state index contributed by atoms with van der Waals surface area (Å²) in [6, 6.07) is 9.29. The van der Waals surface area contributed by atoms with Gasteiger partial charge in [0.2, 0.25) is 5.95 Å². The number of halogens is 3. The van der Waals surface area contributed by atoms with Crippen LogP contribution in [0.3, 0.4) is 0 Å². The lowest BCUT2D eigenvalue weighted by atomic mass is 10.1. The summed E-state index contributed by atoms with van der Waals surface area (Å²) in [5, 5.41) is 2.40. The molecule has 1 N–H and O–H groups in total. The minimum atomic E-state index is -4.52. The first-order chi connectivity index (χ1) is 11.9. The van der Waals surface area contributed by atoms with E-state index in [1.165, 1.54) is 18.3 Å². The van der Waals surface area contributed by atoms with E-state index in [9.17, 15) is 18.0 Å². The Bertz CT molecular complexity index is 898. The minimum Gasteiger partial charge on any atom is -0.290 e. The van der Waals surface area contributed by atoms with Crippen LogP contribution >= 0.6 is 0 Å². The van der Waals surface area contributed by atoms with Crippen LogP contribution in [0.15, 0.2) is 61.1 Å². The van der Waals surface area contributed by atoms with E-state index in [0.29, 0.717) is 5.69 Å². The lowest BCUT2D eigenvalue weighted by molar-refractivity contribution is -0.137. The second-order valence-corrected chi connectivity index (χ2v) is 5.04. The first-order valence-electron chi connectivity index (χ1n) is 7.15. The first kappa shape index (κ1) is 16.6. The topological polar surface area (TPSA) is 67.8 Å². The van der Waals surface area contributed by atoms with Crippen molar-refractivity contribution in [3.05, 3.63) is 72.2 Å². The Kier molecular flexibility index (Phi) is 4.42. The van der Waals surface area contributed by atoms with Crippen molar-refractivity contribution in [2.75, 3.05) is 5.32 Å². The summed E-state index contributed by atoms with van der Waals surface area (Å²) >= 11 is 0. The third kappa shape index (κ3) is 3.97. The van der Waals surface area contributed by atoms with Gasteiger partial charge in [-0.15, -0.1) is 0 Å². The van der Waals surface area contributed by atoms with Crippen LogP contribution in [0.4, 0.5) is 19.1 Å². The number of nitrogens with one attached hydrogen (secondary N) is 1. The van der Waals surface area contributed by atoms with Crippen LogP contribution in [0.1, 0.15) is 15.9 Å². The summed E-state index contributed by atoms with van der Waals surface area (Å²) in [5.74, 6) is -0.738. The van der Waals surface area contributed by atoms with E-state index in [-0.39, 0.29) is 11.5 Å². The predicted octanol–water partition coefficient (Wildman–Crippen LogP) is 3.81. The Labute approximate surface area is 140 Å². The van der Waals surface area contributed by atoms with Crippen molar-refractivity contribution in [3.63, 3.8) is 0 Å². The van der Waals surface area contributed by atoms with Crippen LogP contribution in [0.5, 0.6) is 0 Å². The highest BCUT2D eigenvalue weighted by Gasteiger charge is 2.30.